The fourth-order valence-electron chi connectivity index (χ4n) is 7.27. The van der Waals surface area contributed by atoms with Crippen LogP contribution in [-0.4, -0.2) is 100 Å². The zero-order valence-corrected chi connectivity index (χ0v) is 41.1. The number of halogens is 2. The third kappa shape index (κ3) is 10.8. The van der Waals surface area contributed by atoms with E-state index >= 15 is 16.8 Å². The molecule has 364 valence electrons. The van der Waals surface area contributed by atoms with Crippen molar-refractivity contribution in [3.63, 3.8) is 0 Å². The van der Waals surface area contributed by atoms with Crippen molar-refractivity contribution in [2.45, 2.75) is 9.79 Å². The standard InChI is InChI=1S/C48H42Cl2N10O9S2/c1-60(2)24-23-51-47(61)29-11-9-17-39(70(64,65)58-45-43(52-33-13-5-7-15-35(33)54-45)56-37-25-27(68-3)19-21-31(37)49)41(29)42-30(48(62)63)12-10-18-40(42)71(66,67)59-46-44(53-34-14-6-8-16-36(34)55-46)57-38-26-28(69-4)20-22-32(38)50/h5-22,25-26H,23-24H2,1-4H3,(H,51,61)(H,52,56)(H,53,57)(H,54,58)(H,55,59)(H,62,63). The molecule has 0 radical (unpaired) electrons. The van der Waals surface area contributed by atoms with Gasteiger partial charge in [0.1, 0.15) is 11.5 Å². The van der Waals surface area contributed by atoms with Gasteiger partial charge in [0.25, 0.3) is 26.0 Å². The first-order valence-electron chi connectivity index (χ1n) is 21.2. The number of nitrogens with one attached hydrogen (secondary N) is 5. The molecule has 1 amide bonds. The molecule has 8 rings (SSSR count). The molecule has 0 aliphatic heterocycles. The SMILES string of the molecule is COc1ccc(Cl)c(Nc2nc3ccccc3nc2NS(=O)(=O)c2cccc(C(=O)O)c2-c2c(C(=O)NCCN(C)C)cccc2S(=O)(=O)Nc2nc3ccccc3nc2Nc2cc(OC)ccc2Cl)c1. The van der Waals surface area contributed by atoms with Crippen LogP contribution in [0.4, 0.5) is 34.6 Å². The Labute approximate surface area is 417 Å². The summed E-state index contributed by atoms with van der Waals surface area (Å²) in [5, 5.41) is 20.0. The molecular weight excluding hydrogens is 996 g/mol. The van der Waals surface area contributed by atoms with Gasteiger partial charge in [-0.15, -0.1) is 0 Å². The normalized spacial score (nSPS) is 11.6. The van der Waals surface area contributed by atoms with Crippen LogP contribution in [0, 0.1) is 0 Å². The van der Waals surface area contributed by atoms with E-state index in [0.29, 0.717) is 29.1 Å². The van der Waals surface area contributed by atoms with Crippen LogP contribution in [0.1, 0.15) is 20.7 Å². The van der Waals surface area contributed by atoms with E-state index < -0.39 is 58.4 Å². The Morgan fingerprint density at radius 3 is 1.39 bits per heavy atom. The number of aromatic nitrogens is 4. The number of carbonyl (C=O) groups excluding carboxylic acids is 1. The van der Waals surface area contributed by atoms with Crippen molar-refractivity contribution in [3.05, 3.63) is 142 Å². The van der Waals surface area contributed by atoms with Crippen molar-refractivity contribution in [2.24, 2.45) is 0 Å². The largest absolute Gasteiger partial charge is 0.497 e. The first kappa shape index (κ1) is 49.6. The number of nitrogens with zero attached hydrogens (tertiary/aromatic N) is 5. The molecule has 0 bridgehead atoms. The summed E-state index contributed by atoms with van der Waals surface area (Å²) < 4.78 is 76.2. The number of benzene rings is 6. The first-order valence-corrected chi connectivity index (χ1v) is 24.9. The molecule has 0 saturated heterocycles. The third-order valence-corrected chi connectivity index (χ3v) is 14.1. The highest BCUT2D eigenvalue weighted by molar-refractivity contribution is 7.93. The number of aromatic carboxylic acids is 1. The number of hydrogen-bond donors (Lipinski definition) is 6. The molecular formula is C48H42Cl2N10O9S2. The Bertz CT molecular complexity index is 3630. The second-order valence-corrected chi connectivity index (χ2v) is 19.8. The second kappa shape index (κ2) is 20.6. The number of carboxylic acids is 1. The number of amides is 1. The average molecular weight is 1040 g/mol. The van der Waals surface area contributed by atoms with Crippen LogP contribution in [0.2, 0.25) is 10.0 Å². The van der Waals surface area contributed by atoms with Gasteiger partial charge < -0.3 is 35.4 Å². The van der Waals surface area contributed by atoms with Crippen LogP contribution in [0.25, 0.3) is 33.2 Å². The zero-order valence-electron chi connectivity index (χ0n) is 38.0. The average Bonchev–Trinajstić information content (AvgIpc) is 3.34. The van der Waals surface area contributed by atoms with E-state index in [1.54, 1.807) is 104 Å². The van der Waals surface area contributed by atoms with Crippen molar-refractivity contribution < 1.29 is 41.0 Å². The molecule has 0 aliphatic rings. The molecule has 8 aromatic rings. The van der Waals surface area contributed by atoms with Gasteiger partial charge in [0.2, 0.25) is 0 Å². The second-order valence-electron chi connectivity index (χ2n) is 15.7. The maximum Gasteiger partial charge on any atom is 0.336 e. The molecule has 19 nitrogen and oxygen atoms in total. The summed E-state index contributed by atoms with van der Waals surface area (Å²) in [5.41, 5.74) is -0.484. The predicted molar refractivity (Wildman–Crippen MR) is 273 cm³/mol. The van der Waals surface area contributed by atoms with E-state index in [0.717, 1.165) is 18.2 Å². The van der Waals surface area contributed by atoms with Crippen LogP contribution in [0.5, 0.6) is 11.5 Å². The molecule has 0 unspecified atom stereocenters. The van der Waals surface area contributed by atoms with E-state index in [1.165, 1.54) is 32.4 Å². The number of likely N-dealkylation sites (N-methyl/N-ethyl adjacent to an activating group) is 1. The summed E-state index contributed by atoms with van der Waals surface area (Å²) >= 11 is 13.1. The van der Waals surface area contributed by atoms with E-state index in [1.807, 2.05) is 0 Å². The maximum atomic E-state index is 15.2. The number of methoxy groups -OCH3 is 2. The van der Waals surface area contributed by atoms with E-state index in [-0.39, 0.29) is 67.8 Å². The molecule has 23 heteroatoms. The van der Waals surface area contributed by atoms with E-state index in [4.69, 9.17) is 32.7 Å². The highest BCUT2D eigenvalue weighted by Crippen LogP contribution is 2.41. The molecule has 2 heterocycles. The number of carboxylic acid groups (broad SMARTS) is 1. The van der Waals surface area contributed by atoms with Gasteiger partial charge in [-0.05, 0) is 86.9 Å². The highest BCUT2D eigenvalue weighted by Gasteiger charge is 2.34. The zero-order chi connectivity index (χ0) is 50.6. The summed E-state index contributed by atoms with van der Waals surface area (Å²) in [6.45, 7) is 0.420. The molecule has 0 saturated carbocycles. The summed E-state index contributed by atoms with van der Waals surface area (Å²) in [7, 11) is -3.61. The first-order chi connectivity index (χ1) is 34.0. The van der Waals surface area contributed by atoms with Crippen LogP contribution in [0.3, 0.4) is 0 Å². The Balaban J connectivity index is 1.32. The molecule has 6 N–H and O–H groups in total. The van der Waals surface area contributed by atoms with Gasteiger partial charge in [-0.1, -0.05) is 59.6 Å². The fraction of sp³-hybridized carbons (Fsp3) is 0.125. The van der Waals surface area contributed by atoms with E-state index in [2.05, 4.69) is 45.3 Å². The number of para-hydroxylation sites is 4. The van der Waals surface area contributed by atoms with Gasteiger partial charge in [0.15, 0.2) is 23.3 Å². The van der Waals surface area contributed by atoms with Crippen molar-refractivity contribution in [1.82, 2.24) is 30.2 Å². The minimum atomic E-state index is -5.04. The molecule has 0 fully saturated rings. The quantitative estimate of drug-likeness (QED) is 0.0470. The van der Waals surface area contributed by atoms with Crippen LogP contribution >= 0.6 is 23.2 Å². The third-order valence-electron chi connectivity index (χ3n) is 10.7. The smallest absolute Gasteiger partial charge is 0.336 e. The number of anilines is 6. The van der Waals surface area contributed by atoms with Gasteiger partial charge in [-0.3, -0.25) is 14.2 Å². The number of rotatable bonds is 18. The van der Waals surface area contributed by atoms with Crippen LogP contribution in [-0.2, 0) is 20.0 Å². The van der Waals surface area contributed by atoms with Gasteiger partial charge in [0, 0.05) is 41.9 Å². The number of fused-ring (bicyclic) bond motifs is 2. The van der Waals surface area contributed by atoms with Crippen LogP contribution < -0.4 is 34.9 Å². The molecule has 0 aliphatic carbocycles. The van der Waals surface area contributed by atoms with Crippen LogP contribution in [0.15, 0.2) is 131 Å². The Hall–Kier alpha value is -7.82. The maximum absolute atomic E-state index is 15.2. The van der Waals surface area contributed by atoms with Gasteiger partial charge >= 0.3 is 5.97 Å². The minimum absolute atomic E-state index is 0.0655. The van der Waals surface area contributed by atoms with Gasteiger partial charge in [0.05, 0.1) is 73.1 Å². The van der Waals surface area contributed by atoms with Gasteiger partial charge in [-0.25, -0.2) is 41.6 Å². The lowest BCUT2D eigenvalue weighted by Crippen LogP contribution is -2.32. The summed E-state index contributed by atoms with van der Waals surface area (Å²) in [6.07, 6.45) is 0. The predicted octanol–water partition coefficient (Wildman–Crippen LogP) is 8.64. The molecule has 0 spiro atoms. The lowest BCUT2D eigenvalue weighted by molar-refractivity contribution is 0.0697. The summed E-state index contributed by atoms with van der Waals surface area (Å²) in [5.74, 6) is -2.62. The monoisotopic (exact) mass is 1040 g/mol. The van der Waals surface area contributed by atoms with Crippen molar-refractivity contribution in [3.8, 4) is 22.6 Å². The molecule has 71 heavy (non-hydrogen) atoms. The van der Waals surface area contributed by atoms with Gasteiger partial charge in [-0.2, -0.15) is 0 Å². The minimum Gasteiger partial charge on any atom is -0.497 e. The Morgan fingerprint density at radius 1 is 0.577 bits per heavy atom. The molecule has 6 aromatic carbocycles. The Morgan fingerprint density at radius 2 is 0.986 bits per heavy atom. The molecule has 0 atom stereocenters. The highest BCUT2D eigenvalue weighted by atomic mass is 35.5. The lowest BCUT2D eigenvalue weighted by Gasteiger charge is -2.21. The number of carbonyl (C=O) groups is 2. The number of sulfonamides is 2. The topological polar surface area (TPSA) is 256 Å². The lowest BCUT2D eigenvalue weighted by atomic mass is 9.94. The van der Waals surface area contributed by atoms with Crippen molar-refractivity contribution >= 4 is 112 Å². The van der Waals surface area contributed by atoms with Crippen molar-refractivity contribution in [2.75, 3.05) is 61.5 Å². The summed E-state index contributed by atoms with van der Waals surface area (Å²) in [6, 6.07) is 29.7. The number of hydrogen-bond acceptors (Lipinski definition) is 15. The molecule has 2 aromatic heterocycles. The fourth-order valence-corrected chi connectivity index (χ4v) is 10.1. The summed E-state index contributed by atoms with van der Waals surface area (Å²) in [4.78, 5) is 46.4. The van der Waals surface area contributed by atoms with Crippen molar-refractivity contribution in [1.29, 1.82) is 0 Å². The number of ether oxygens (including phenoxy) is 2. The Kier molecular flexibility index (Phi) is 14.4. The van der Waals surface area contributed by atoms with E-state index in [9.17, 15) is 14.7 Å².